The van der Waals surface area contributed by atoms with Crippen molar-refractivity contribution in [1.29, 1.82) is 0 Å². The van der Waals surface area contributed by atoms with Crippen LogP contribution in [0.15, 0.2) is 48.5 Å². The smallest absolute Gasteiger partial charge is 0.183 e. The van der Waals surface area contributed by atoms with Crippen molar-refractivity contribution in [2.24, 2.45) is 0 Å². The summed E-state index contributed by atoms with van der Waals surface area (Å²) in [5, 5.41) is 1.09. The second kappa shape index (κ2) is 3.40. The van der Waals surface area contributed by atoms with Gasteiger partial charge in [-0.25, -0.2) is 4.98 Å². The number of hydrogen-bond donors (Lipinski definition) is 1. The molecule has 0 saturated carbocycles. The van der Waals surface area contributed by atoms with Gasteiger partial charge >= 0.3 is 0 Å². The molecule has 0 radical (unpaired) electrons. The van der Waals surface area contributed by atoms with Crippen molar-refractivity contribution in [3.8, 4) is 0 Å². The summed E-state index contributed by atoms with van der Waals surface area (Å²) in [6, 6.07) is 16.1. The van der Waals surface area contributed by atoms with Crippen LogP contribution in [-0.4, -0.2) is 14.4 Å². The van der Waals surface area contributed by atoms with Crippen molar-refractivity contribution in [1.82, 2.24) is 14.4 Å². The average Bonchev–Trinajstić information content (AvgIpc) is 2.79. The van der Waals surface area contributed by atoms with E-state index in [1.807, 2.05) is 46.9 Å². The SMILES string of the molecule is S=c1[nH]c2ccccc2c2nc3ccccc3n12. The largest absolute Gasteiger partial charge is 0.331 e. The minimum atomic E-state index is 0.678. The molecule has 3 nitrogen and oxygen atoms in total. The van der Waals surface area contributed by atoms with Crippen LogP contribution in [0.3, 0.4) is 0 Å². The van der Waals surface area contributed by atoms with E-state index in [1.54, 1.807) is 0 Å². The third-order valence-electron chi connectivity index (χ3n) is 3.17. The Labute approximate surface area is 108 Å². The van der Waals surface area contributed by atoms with Gasteiger partial charge in [0.15, 0.2) is 4.77 Å². The Bertz CT molecular complexity index is 949. The summed E-state index contributed by atoms with van der Waals surface area (Å²) < 4.78 is 2.67. The van der Waals surface area contributed by atoms with Gasteiger partial charge in [-0.3, -0.25) is 4.40 Å². The zero-order valence-electron chi connectivity index (χ0n) is 9.42. The van der Waals surface area contributed by atoms with E-state index in [9.17, 15) is 0 Å². The van der Waals surface area contributed by atoms with Gasteiger partial charge in [0, 0.05) is 5.39 Å². The second-order valence-electron chi connectivity index (χ2n) is 4.24. The highest BCUT2D eigenvalue weighted by Gasteiger charge is 2.08. The number of aromatic nitrogens is 3. The van der Waals surface area contributed by atoms with Gasteiger partial charge < -0.3 is 4.98 Å². The van der Waals surface area contributed by atoms with Crippen LogP contribution in [-0.2, 0) is 0 Å². The van der Waals surface area contributed by atoms with Crippen molar-refractivity contribution in [3.63, 3.8) is 0 Å². The molecule has 2 heterocycles. The number of fused-ring (bicyclic) bond motifs is 5. The lowest BCUT2D eigenvalue weighted by atomic mass is 10.2. The lowest BCUT2D eigenvalue weighted by Gasteiger charge is -2.01. The summed E-state index contributed by atoms with van der Waals surface area (Å²) in [5.41, 5.74) is 3.94. The zero-order chi connectivity index (χ0) is 12.1. The number of imidazole rings is 1. The highest BCUT2D eigenvalue weighted by Crippen LogP contribution is 2.22. The third kappa shape index (κ3) is 1.18. The van der Waals surface area contributed by atoms with Gasteiger partial charge in [-0.1, -0.05) is 24.3 Å². The summed E-state index contributed by atoms with van der Waals surface area (Å²) in [6.45, 7) is 0. The van der Waals surface area contributed by atoms with Crippen molar-refractivity contribution in [2.45, 2.75) is 0 Å². The quantitative estimate of drug-likeness (QED) is 0.483. The number of nitrogens with zero attached hydrogens (tertiary/aromatic N) is 2. The summed E-state index contributed by atoms with van der Waals surface area (Å²) in [4.78, 5) is 7.93. The topological polar surface area (TPSA) is 33.1 Å². The van der Waals surface area contributed by atoms with Crippen LogP contribution < -0.4 is 0 Å². The molecule has 1 N–H and O–H groups in total. The maximum absolute atomic E-state index is 5.43. The van der Waals surface area contributed by atoms with Crippen molar-refractivity contribution in [2.75, 3.05) is 0 Å². The number of rotatable bonds is 0. The highest BCUT2D eigenvalue weighted by molar-refractivity contribution is 7.71. The van der Waals surface area contributed by atoms with Gasteiger partial charge in [-0.05, 0) is 36.5 Å². The fourth-order valence-electron chi connectivity index (χ4n) is 2.37. The monoisotopic (exact) mass is 251 g/mol. The molecular formula is C14H9N3S. The molecule has 0 fully saturated rings. The van der Waals surface area contributed by atoms with Crippen LogP contribution in [0.1, 0.15) is 0 Å². The van der Waals surface area contributed by atoms with Gasteiger partial charge in [-0.2, -0.15) is 0 Å². The second-order valence-corrected chi connectivity index (χ2v) is 4.62. The first-order valence-electron chi connectivity index (χ1n) is 5.73. The number of aromatic amines is 1. The Kier molecular flexibility index (Phi) is 1.85. The van der Waals surface area contributed by atoms with E-state index in [0.717, 1.165) is 27.6 Å². The van der Waals surface area contributed by atoms with Gasteiger partial charge in [0.25, 0.3) is 0 Å². The van der Waals surface area contributed by atoms with E-state index in [1.165, 1.54) is 0 Å². The van der Waals surface area contributed by atoms with Crippen LogP contribution in [0, 0.1) is 4.77 Å². The van der Waals surface area contributed by atoms with E-state index in [4.69, 9.17) is 12.2 Å². The molecule has 0 aliphatic rings. The molecule has 0 bridgehead atoms. The molecule has 0 spiro atoms. The predicted octanol–water partition coefficient (Wildman–Crippen LogP) is 3.70. The molecule has 0 saturated heterocycles. The van der Waals surface area contributed by atoms with Crippen LogP contribution in [0.2, 0.25) is 0 Å². The Hall–Kier alpha value is -2.20. The van der Waals surface area contributed by atoms with Crippen molar-refractivity contribution < 1.29 is 0 Å². The van der Waals surface area contributed by atoms with Crippen molar-refractivity contribution in [3.05, 3.63) is 53.3 Å². The lowest BCUT2D eigenvalue weighted by molar-refractivity contribution is 1.12. The number of benzene rings is 2. The van der Waals surface area contributed by atoms with Gasteiger partial charge in [0.05, 0.1) is 16.6 Å². The minimum absolute atomic E-state index is 0.678. The molecule has 0 aliphatic heterocycles. The van der Waals surface area contributed by atoms with Gasteiger partial charge in [0.2, 0.25) is 0 Å². The van der Waals surface area contributed by atoms with E-state index < -0.39 is 0 Å². The molecule has 0 aliphatic carbocycles. The highest BCUT2D eigenvalue weighted by atomic mass is 32.1. The Morgan fingerprint density at radius 2 is 1.78 bits per heavy atom. The number of H-pyrrole nitrogens is 1. The van der Waals surface area contributed by atoms with Gasteiger partial charge in [-0.15, -0.1) is 0 Å². The first kappa shape index (κ1) is 9.79. The number of nitrogens with one attached hydrogen (secondary N) is 1. The normalized spacial score (nSPS) is 11.6. The van der Waals surface area contributed by atoms with E-state index in [0.29, 0.717) is 4.77 Å². The summed E-state index contributed by atoms with van der Waals surface area (Å²) in [7, 11) is 0. The van der Waals surface area contributed by atoms with E-state index in [2.05, 4.69) is 16.0 Å². The zero-order valence-corrected chi connectivity index (χ0v) is 10.2. The summed E-state index contributed by atoms with van der Waals surface area (Å²) in [6.07, 6.45) is 0. The molecule has 18 heavy (non-hydrogen) atoms. The minimum Gasteiger partial charge on any atom is -0.331 e. The Morgan fingerprint density at radius 1 is 1.00 bits per heavy atom. The molecule has 0 atom stereocenters. The molecule has 0 unspecified atom stereocenters. The number of hydrogen-bond acceptors (Lipinski definition) is 2. The fraction of sp³-hybridized carbons (Fsp3) is 0. The molecule has 4 rings (SSSR count). The molecule has 86 valence electrons. The van der Waals surface area contributed by atoms with Crippen LogP contribution in [0.4, 0.5) is 0 Å². The van der Waals surface area contributed by atoms with Crippen LogP contribution >= 0.6 is 12.2 Å². The predicted molar refractivity (Wildman–Crippen MR) is 75.4 cm³/mol. The Balaban J connectivity index is 2.42. The molecule has 0 amide bonds. The third-order valence-corrected chi connectivity index (χ3v) is 3.46. The number of para-hydroxylation sites is 3. The Morgan fingerprint density at radius 3 is 2.72 bits per heavy atom. The standard InChI is InChI=1S/C14H9N3S/c18-14-16-10-6-2-1-5-9(10)13-15-11-7-3-4-8-12(11)17(13)14/h1-8H,(H,16,18). The molecular weight excluding hydrogens is 242 g/mol. The summed E-state index contributed by atoms with van der Waals surface area (Å²) in [5.74, 6) is 0. The molecule has 2 aromatic carbocycles. The maximum Gasteiger partial charge on any atom is 0.183 e. The van der Waals surface area contributed by atoms with E-state index in [-0.39, 0.29) is 0 Å². The fourth-order valence-corrected chi connectivity index (χ4v) is 2.67. The van der Waals surface area contributed by atoms with E-state index >= 15 is 0 Å². The molecule has 2 aromatic heterocycles. The van der Waals surface area contributed by atoms with Crippen LogP contribution in [0.5, 0.6) is 0 Å². The first-order chi connectivity index (χ1) is 8.84. The maximum atomic E-state index is 5.43. The molecule has 4 aromatic rings. The summed E-state index contributed by atoms with van der Waals surface area (Å²) >= 11 is 5.43. The van der Waals surface area contributed by atoms with Gasteiger partial charge in [0.1, 0.15) is 5.65 Å². The van der Waals surface area contributed by atoms with Crippen molar-refractivity contribution >= 4 is 39.8 Å². The average molecular weight is 251 g/mol. The van der Waals surface area contributed by atoms with Crippen LogP contribution in [0.25, 0.3) is 27.6 Å². The lowest BCUT2D eigenvalue weighted by Crippen LogP contribution is -1.92. The molecule has 4 heteroatoms. The first-order valence-corrected chi connectivity index (χ1v) is 6.14.